The molecule has 0 fully saturated rings. The number of aliphatic hydroxyl groups is 1. The van der Waals surface area contributed by atoms with Crippen molar-refractivity contribution >= 4 is 5.97 Å². The summed E-state index contributed by atoms with van der Waals surface area (Å²) < 4.78 is 0. The maximum Gasteiger partial charge on any atom is 0.328 e. The van der Waals surface area contributed by atoms with E-state index in [-0.39, 0.29) is 5.41 Å². The molecule has 2 N–H and O–H groups in total. The highest BCUT2D eigenvalue weighted by Crippen LogP contribution is 2.46. The van der Waals surface area contributed by atoms with E-state index in [1.807, 2.05) is 31.2 Å². The highest BCUT2D eigenvalue weighted by molar-refractivity contribution is 5.81. The number of aliphatic carboxylic acids is 1. The average molecular weight is 330 g/mol. The zero-order valence-electron chi connectivity index (χ0n) is 15.5. The molecule has 3 nitrogen and oxygen atoms in total. The fourth-order valence-corrected chi connectivity index (χ4v) is 2.97. The SMILES string of the molecule is CC(/C=C/C1=C(O)CCCC1(C)C(C)C)=C\C=C\C(C)=C\C(=O)O. The zero-order chi connectivity index (χ0) is 18.3. The molecule has 0 radical (unpaired) electrons. The van der Waals surface area contributed by atoms with Gasteiger partial charge in [0.2, 0.25) is 0 Å². The van der Waals surface area contributed by atoms with Crippen molar-refractivity contribution in [3.63, 3.8) is 0 Å². The Balaban J connectivity index is 2.92. The third-order valence-electron chi connectivity index (χ3n) is 4.89. The van der Waals surface area contributed by atoms with Crippen molar-refractivity contribution in [2.45, 2.75) is 53.9 Å². The van der Waals surface area contributed by atoms with Gasteiger partial charge >= 0.3 is 5.97 Å². The van der Waals surface area contributed by atoms with Gasteiger partial charge < -0.3 is 10.2 Å². The number of allylic oxidation sites excluding steroid dienone is 9. The minimum absolute atomic E-state index is 0.00969. The molecule has 0 aromatic heterocycles. The van der Waals surface area contributed by atoms with Crippen LogP contribution in [0.1, 0.15) is 53.9 Å². The molecule has 0 bridgehead atoms. The van der Waals surface area contributed by atoms with Crippen LogP contribution in [0.5, 0.6) is 0 Å². The van der Waals surface area contributed by atoms with Gasteiger partial charge in [-0.05, 0) is 49.2 Å². The van der Waals surface area contributed by atoms with E-state index < -0.39 is 5.97 Å². The van der Waals surface area contributed by atoms with E-state index in [0.717, 1.165) is 30.4 Å². The summed E-state index contributed by atoms with van der Waals surface area (Å²) in [6.45, 7) is 10.4. The predicted octanol–water partition coefficient (Wildman–Crippen LogP) is 5.73. The molecule has 3 heteroatoms. The van der Waals surface area contributed by atoms with E-state index in [2.05, 4.69) is 20.8 Å². The van der Waals surface area contributed by atoms with Crippen LogP contribution in [0.15, 0.2) is 58.9 Å². The molecule has 0 heterocycles. The first kappa shape index (κ1) is 20.0. The molecular formula is C21H30O3. The highest BCUT2D eigenvalue weighted by Gasteiger charge is 2.35. The summed E-state index contributed by atoms with van der Waals surface area (Å²) in [6, 6.07) is 0. The molecule has 1 aliphatic rings. The van der Waals surface area contributed by atoms with Crippen molar-refractivity contribution in [3.05, 3.63) is 58.9 Å². The summed E-state index contributed by atoms with van der Waals surface area (Å²) in [5.74, 6) is 0.0373. The van der Waals surface area contributed by atoms with Crippen molar-refractivity contribution < 1.29 is 15.0 Å². The summed E-state index contributed by atoms with van der Waals surface area (Å²) in [5.41, 5.74) is 2.79. The van der Waals surface area contributed by atoms with Crippen LogP contribution in [0, 0.1) is 11.3 Å². The predicted molar refractivity (Wildman–Crippen MR) is 99.9 cm³/mol. The Bertz CT molecular complexity index is 615. The van der Waals surface area contributed by atoms with E-state index in [1.54, 1.807) is 13.0 Å². The van der Waals surface area contributed by atoms with Crippen LogP contribution in [0.4, 0.5) is 0 Å². The minimum Gasteiger partial charge on any atom is -0.512 e. The lowest BCUT2D eigenvalue weighted by molar-refractivity contribution is -0.131. The molecule has 24 heavy (non-hydrogen) atoms. The van der Waals surface area contributed by atoms with Crippen LogP contribution >= 0.6 is 0 Å². The second kappa shape index (κ2) is 8.72. The molecule has 132 valence electrons. The lowest BCUT2D eigenvalue weighted by atomic mass is 9.66. The van der Waals surface area contributed by atoms with Crippen molar-refractivity contribution in [2.75, 3.05) is 0 Å². The smallest absolute Gasteiger partial charge is 0.328 e. The molecule has 0 saturated carbocycles. The van der Waals surface area contributed by atoms with E-state index >= 15 is 0 Å². The van der Waals surface area contributed by atoms with Crippen LogP contribution in [-0.4, -0.2) is 16.2 Å². The molecule has 0 aromatic carbocycles. The first-order valence-corrected chi connectivity index (χ1v) is 8.53. The van der Waals surface area contributed by atoms with Gasteiger partial charge in [-0.25, -0.2) is 4.79 Å². The molecule has 0 aromatic rings. The van der Waals surface area contributed by atoms with Crippen molar-refractivity contribution in [1.82, 2.24) is 0 Å². The quantitative estimate of drug-likeness (QED) is 0.482. The van der Waals surface area contributed by atoms with Crippen LogP contribution in [-0.2, 0) is 4.79 Å². The van der Waals surface area contributed by atoms with Crippen LogP contribution < -0.4 is 0 Å². The third kappa shape index (κ3) is 5.55. The van der Waals surface area contributed by atoms with Gasteiger partial charge in [0, 0.05) is 12.5 Å². The number of carboxylic acid groups (broad SMARTS) is 1. The number of hydrogen-bond donors (Lipinski definition) is 2. The first-order valence-electron chi connectivity index (χ1n) is 8.53. The summed E-state index contributed by atoms with van der Waals surface area (Å²) in [6.07, 6.45) is 13.6. The van der Waals surface area contributed by atoms with Gasteiger partial charge in [-0.2, -0.15) is 0 Å². The monoisotopic (exact) mass is 330 g/mol. The lowest BCUT2D eigenvalue weighted by Gasteiger charge is -2.39. The van der Waals surface area contributed by atoms with Crippen molar-refractivity contribution in [2.24, 2.45) is 11.3 Å². The van der Waals surface area contributed by atoms with Gasteiger partial charge in [-0.1, -0.05) is 56.7 Å². The second-order valence-electron chi connectivity index (χ2n) is 7.12. The van der Waals surface area contributed by atoms with Gasteiger partial charge in [0.05, 0.1) is 5.76 Å². The van der Waals surface area contributed by atoms with E-state index in [9.17, 15) is 9.90 Å². The molecule has 0 spiro atoms. The number of carboxylic acids is 1. The maximum absolute atomic E-state index is 10.6. The third-order valence-corrected chi connectivity index (χ3v) is 4.89. The Morgan fingerprint density at radius 1 is 1.21 bits per heavy atom. The molecule has 1 rings (SSSR count). The largest absolute Gasteiger partial charge is 0.512 e. The molecule has 0 saturated heterocycles. The van der Waals surface area contributed by atoms with Crippen molar-refractivity contribution in [1.29, 1.82) is 0 Å². The summed E-state index contributed by atoms with van der Waals surface area (Å²) >= 11 is 0. The highest BCUT2D eigenvalue weighted by atomic mass is 16.4. The van der Waals surface area contributed by atoms with E-state index in [1.165, 1.54) is 6.08 Å². The zero-order valence-corrected chi connectivity index (χ0v) is 15.5. The Kier molecular flexibility index (Phi) is 7.27. The first-order chi connectivity index (χ1) is 11.2. The summed E-state index contributed by atoms with van der Waals surface area (Å²) in [7, 11) is 0. The van der Waals surface area contributed by atoms with Gasteiger partial charge in [-0.15, -0.1) is 0 Å². The molecule has 1 aliphatic carbocycles. The van der Waals surface area contributed by atoms with E-state index in [0.29, 0.717) is 17.3 Å². The van der Waals surface area contributed by atoms with Gasteiger partial charge in [-0.3, -0.25) is 0 Å². The molecule has 0 amide bonds. The second-order valence-corrected chi connectivity index (χ2v) is 7.12. The standard InChI is InChI=1S/C21H30O3/c1-15(2)21(5)13-7-10-19(22)18(21)12-11-16(3)8-6-9-17(4)14-20(23)24/h6,8-9,11-12,14-15,22H,7,10,13H2,1-5H3,(H,23,24)/b9-6+,12-11+,16-8+,17-14+. The number of carbonyl (C=O) groups is 1. The number of hydrogen-bond acceptors (Lipinski definition) is 2. The van der Waals surface area contributed by atoms with Crippen LogP contribution in [0.3, 0.4) is 0 Å². The molecule has 0 aliphatic heterocycles. The van der Waals surface area contributed by atoms with Crippen LogP contribution in [0.25, 0.3) is 0 Å². The number of rotatable bonds is 6. The summed E-state index contributed by atoms with van der Waals surface area (Å²) in [5, 5.41) is 19.0. The Morgan fingerprint density at radius 2 is 1.88 bits per heavy atom. The van der Waals surface area contributed by atoms with Crippen molar-refractivity contribution in [3.8, 4) is 0 Å². The normalized spacial score (nSPS) is 23.8. The van der Waals surface area contributed by atoms with Crippen LogP contribution in [0.2, 0.25) is 0 Å². The Labute approximate surface area is 145 Å². The lowest BCUT2D eigenvalue weighted by Crippen LogP contribution is -2.29. The summed E-state index contributed by atoms with van der Waals surface area (Å²) in [4.78, 5) is 10.6. The molecule has 1 unspecified atom stereocenters. The van der Waals surface area contributed by atoms with E-state index in [4.69, 9.17) is 5.11 Å². The Morgan fingerprint density at radius 3 is 2.46 bits per heavy atom. The topological polar surface area (TPSA) is 57.5 Å². The molecular weight excluding hydrogens is 300 g/mol. The van der Waals surface area contributed by atoms with Gasteiger partial charge in [0.1, 0.15) is 0 Å². The maximum atomic E-state index is 10.6. The van der Waals surface area contributed by atoms with Gasteiger partial charge in [0.15, 0.2) is 0 Å². The minimum atomic E-state index is -0.939. The Hall–Kier alpha value is -2.03. The fraction of sp³-hybridized carbons (Fsp3) is 0.476. The average Bonchev–Trinajstić information content (AvgIpc) is 2.45. The fourth-order valence-electron chi connectivity index (χ4n) is 2.97. The molecule has 1 atom stereocenters. The number of aliphatic hydroxyl groups excluding tert-OH is 1. The van der Waals surface area contributed by atoms with Gasteiger partial charge in [0.25, 0.3) is 0 Å².